The Morgan fingerprint density at radius 3 is 2.83 bits per heavy atom. The third-order valence-electron chi connectivity index (χ3n) is 2.22. The Labute approximate surface area is 101 Å². The standard InChI is InChI=1S/C10H9N5O3/c11-7-5-6(1-2-8(7)15(17)18)9(16)14-10-12-3-4-13-10/h1-5H,11H2,(H2,12,13,14,16). The number of hydrogen-bond acceptors (Lipinski definition) is 5. The molecule has 0 saturated heterocycles. The summed E-state index contributed by atoms with van der Waals surface area (Å²) in [5, 5.41) is 13.1. The van der Waals surface area contributed by atoms with Crippen LogP contribution in [-0.2, 0) is 0 Å². The van der Waals surface area contributed by atoms with Gasteiger partial charge in [0.1, 0.15) is 5.69 Å². The fraction of sp³-hybridized carbons (Fsp3) is 0. The Bertz CT molecular complexity index is 594. The lowest BCUT2D eigenvalue weighted by Crippen LogP contribution is -2.13. The van der Waals surface area contributed by atoms with E-state index in [1.54, 1.807) is 6.20 Å². The second-order valence-corrected chi connectivity index (χ2v) is 3.42. The van der Waals surface area contributed by atoms with Crippen LogP contribution in [-0.4, -0.2) is 20.8 Å². The van der Waals surface area contributed by atoms with Crippen molar-refractivity contribution in [1.82, 2.24) is 9.97 Å². The topological polar surface area (TPSA) is 127 Å². The fourth-order valence-corrected chi connectivity index (χ4v) is 1.38. The van der Waals surface area contributed by atoms with Gasteiger partial charge in [0.25, 0.3) is 11.6 Å². The number of H-pyrrole nitrogens is 1. The summed E-state index contributed by atoms with van der Waals surface area (Å²) < 4.78 is 0. The van der Waals surface area contributed by atoms with Crippen LogP contribution < -0.4 is 11.1 Å². The van der Waals surface area contributed by atoms with Gasteiger partial charge in [-0.2, -0.15) is 0 Å². The van der Waals surface area contributed by atoms with E-state index < -0.39 is 10.8 Å². The molecule has 0 atom stereocenters. The van der Waals surface area contributed by atoms with E-state index >= 15 is 0 Å². The third-order valence-corrected chi connectivity index (χ3v) is 2.22. The van der Waals surface area contributed by atoms with Crippen LogP contribution in [0.1, 0.15) is 10.4 Å². The quantitative estimate of drug-likeness (QED) is 0.426. The van der Waals surface area contributed by atoms with Gasteiger partial charge in [0.2, 0.25) is 5.95 Å². The molecular formula is C10H9N5O3. The number of hydrogen-bond donors (Lipinski definition) is 3. The number of aromatic amines is 1. The second-order valence-electron chi connectivity index (χ2n) is 3.42. The first-order valence-electron chi connectivity index (χ1n) is 4.92. The summed E-state index contributed by atoms with van der Waals surface area (Å²) in [6, 6.07) is 3.76. The van der Waals surface area contributed by atoms with Crippen LogP contribution in [0.5, 0.6) is 0 Å². The molecule has 0 spiro atoms. The first-order chi connectivity index (χ1) is 8.58. The lowest BCUT2D eigenvalue weighted by Gasteiger charge is -2.03. The summed E-state index contributed by atoms with van der Waals surface area (Å²) in [5.41, 5.74) is 5.41. The highest BCUT2D eigenvalue weighted by atomic mass is 16.6. The van der Waals surface area contributed by atoms with Crippen molar-refractivity contribution in [1.29, 1.82) is 0 Å². The van der Waals surface area contributed by atoms with Gasteiger partial charge in [-0.3, -0.25) is 20.2 Å². The summed E-state index contributed by atoms with van der Waals surface area (Å²) in [4.78, 5) is 28.2. The van der Waals surface area contributed by atoms with Crippen LogP contribution in [0.3, 0.4) is 0 Å². The van der Waals surface area contributed by atoms with Crippen molar-refractivity contribution in [2.75, 3.05) is 11.1 Å². The van der Waals surface area contributed by atoms with Crippen molar-refractivity contribution in [2.24, 2.45) is 0 Å². The maximum absolute atomic E-state index is 11.7. The van der Waals surface area contributed by atoms with Crippen molar-refractivity contribution in [2.45, 2.75) is 0 Å². The molecule has 1 amide bonds. The van der Waals surface area contributed by atoms with Gasteiger partial charge in [0.15, 0.2) is 0 Å². The first-order valence-corrected chi connectivity index (χ1v) is 4.92. The van der Waals surface area contributed by atoms with E-state index in [1.807, 2.05) is 0 Å². The minimum Gasteiger partial charge on any atom is -0.393 e. The molecule has 4 N–H and O–H groups in total. The van der Waals surface area contributed by atoms with E-state index in [2.05, 4.69) is 15.3 Å². The summed E-state index contributed by atoms with van der Waals surface area (Å²) in [6.07, 6.45) is 3.04. The number of carbonyl (C=O) groups excluding carboxylic acids is 1. The smallest absolute Gasteiger partial charge is 0.292 e. The van der Waals surface area contributed by atoms with E-state index in [-0.39, 0.29) is 22.9 Å². The van der Waals surface area contributed by atoms with Crippen molar-refractivity contribution in [3.8, 4) is 0 Å². The van der Waals surface area contributed by atoms with E-state index in [0.29, 0.717) is 0 Å². The SMILES string of the molecule is Nc1cc(C(=O)Nc2ncc[nH]2)ccc1[N+](=O)[O-]. The van der Waals surface area contributed by atoms with Gasteiger partial charge < -0.3 is 10.7 Å². The average Bonchev–Trinajstić information content (AvgIpc) is 2.81. The second kappa shape index (κ2) is 4.53. The number of nitro benzene ring substituents is 1. The van der Waals surface area contributed by atoms with Crippen LogP contribution in [0.25, 0.3) is 0 Å². The molecule has 0 unspecified atom stereocenters. The predicted molar refractivity (Wildman–Crippen MR) is 64.0 cm³/mol. The van der Waals surface area contributed by atoms with E-state index in [0.717, 1.165) is 0 Å². The van der Waals surface area contributed by atoms with E-state index in [1.165, 1.54) is 24.4 Å². The molecule has 2 aromatic rings. The molecule has 0 aliphatic rings. The molecule has 0 aliphatic heterocycles. The zero-order valence-corrected chi connectivity index (χ0v) is 9.08. The number of amides is 1. The maximum Gasteiger partial charge on any atom is 0.292 e. The molecule has 8 heteroatoms. The van der Waals surface area contributed by atoms with E-state index in [9.17, 15) is 14.9 Å². The normalized spacial score (nSPS) is 10.0. The van der Waals surface area contributed by atoms with Crippen LogP contribution in [0.2, 0.25) is 0 Å². The largest absolute Gasteiger partial charge is 0.393 e. The van der Waals surface area contributed by atoms with Gasteiger partial charge in [-0.25, -0.2) is 4.98 Å². The number of nitrogens with two attached hydrogens (primary N) is 1. The van der Waals surface area contributed by atoms with Crippen LogP contribution in [0, 0.1) is 10.1 Å². The summed E-state index contributed by atoms with van der Waals surface area (Å²) in [7, 11) is 0. The Balaban J connectivity index is 2.21. The molecule has 1 heterocycles. The van der Waals surface area contributed by atoms with Crippen molar-refractivity contribution in [3.05, 3.63) is 46.3 Å². The number of nitrogens with one attached hydrogen (secondary N) is 2. The summed E-state index contributed by atoms with van der Waals surface area (Å²) in [5.74, 6) is -0.163. The van der Waals surface area contributed by atoms with Crippen molar-refractivity contribution >= 4 is 23.2 Å². The summed E-state index contributed by atoms with van der Waals surface area (Å²) >= 11 is 0. The molecule has 18 heavy (non-hydrogen) atoms. The number of nitro groups is 1. The average molecular weight is 247 g/mol. The third kappa shape index (κ3) is 2.26. The van der Waals surface area contributed by atoms with Crippen LogP contribution in [0.15, 0.2) is 30.6 Å². The number of anilines is 2. The first kappa shape index (κ1) is 11.6. The number of carbonyl (C=O) groups is 1. The van der Waals surface area contributed by atoms with Gasteiger partial charge in [-0.1, -0.05) is 0 Å². The van der Waals surface area contributed by atoms with Gasteiger partial charge >= 0.3 is 0 Å². The molecular weight excluding hydrogens is 238 g/mol. The Hall–Kier alpha value is -2.90. The lowest BCUT2D eigenvalue weighted by atomic mass is 10.1. The van der Waals surface area contributed by atoms with Gasteiger partial charge in [-0.15, -0.1) is 0 Å². The molecule has 0 aliphatic carbocycles. The minimum atomic E-state index is -0.608. The number of benzene rings is 1. The van der Waals surface area contributed by atoms with Gasteiger partial charge in [-0.05, 0) is 12.1 Å². The number of aromatic nitrogens is 2. The van der Waals surface area contributed by atoms with E-state index in [4.69, 9.17) is 5.73 Å². The highest BCUT2D eigenvalue weighted by Crippen LogP contribution is 2.22. The number of rotatable bonds is 3. The maximum atomic E-state index is 11.7. The molecule has 1 aromatic carbocycles. The summed E-state index contributed by atoms with van der Waals surface area (Å²) in [6.45, 7) is 0. The van der Waals surface area contributed by atoms with Gasteiger partial charge in [0, 0.05) is 24.0 Å². The highest BCUT2D eigenvalue weighted by molar-refractivity contribution is 6.04. The predicted octanol–water partition coefficient (Wildman–Crippen LogP) is 1.15. The molecule has 2 rings (SSSR count). The molecule has 8 nitrogen and oxygen atoms in total. The molecule has 0 saturated carbocycles. The lowest BCUT2D eigenvalue weighted by molar-refractivity contribution is -0.383. The molecule has 92 valence electrons. The molecule has 0 fully saturated rings. The minimum absolute atomic E-state index is 0.0629. The Morgan fingerprint density at radius 1 is 1.50 bits per heavy atom. The van der Waals surface area contributed by atoms with Gasteiger partial charge in [0.05, 0.1) is 4.92 Å². The molecule has 0 radical (unpaired) electrons. The number of nitrogens with zero attached hydrogens (tertiary/aromatic N) is 2. The zero-order chi connectivity index (χ0) is 13.1. The van der Waals surface area contributed by atoms with Crippen LogP contribution in [0.4, 0.5) is 17.3 Å². The number of nitrogen functional groups attached to an aromatic ring is 1. The fourth-order valence-electron chi connectivity index (χ4n) is 1.38. The Morgan fingerprint density at radius 2 is 2.28 bits per heavy atom. The zero-order valence-electron chi connectivity index (χ0n) is 9.08. The molecule has 0 bridgehead atoms. The van der Waals surface area contributed by atoms with Crippen molar-refractivity contribution < 1.29 is 9.72 Å². The number of imidazole rings is 1. The van der Waals surface area contributed by atoms with Crippen LogP contribution >= 0.6 is 0 Å². The monoisotopic (exact) mass is 247 g/mol. The molecule has 1 aromatic heterocycles. The Kier molecular flexibility index (Phi) is 2.92. The highest BCUT2D eigenvalue weighted by Gasteiger charge is 2.14. The van der Waals surface area contributed by atoms with Crippen molar-refractivity contribution in [3.63, 3.8) is 0 Å².